The van der Waals surface area contributed by atoms with Gasteiger partial charge in [-0.15, -0.1) is 11.3 Å². The minimum atomic E-state index is 0.487. The molecule has 2 aromatic heterocycles. The molecular weight excluding hydrogens is 210 g/mol. The van der Waals surface area contributed by atoms with Crippen molar-refractivity contribution < 1.29 is 4.79 Å². The summed E-state index contributed by atoms with van der Waals surface area (Å²) in [6, 6.07) is 0. The fraction of sp³-hybridized carbons (Fsp3) is 0.300. The zero-order valence-corrected chi connectivity index (χ0v) is 9.41. The van der Waals surface area contributed by atoms with E-state index >= 15 is 0 Å². The number of aryl methyl sites for hydroxylation is 2. The molecule has 0 aliphatic carbocycles. The maximum Gasteiger partial charge on any atom is 0.169 e. The van der Waals surface area contributed by atoms with Gasteiger partial charge < -0.3 is 0 Å². The van der Waals surface area contributed by atoms with Gasteiger partial charge in [-0.25, -0.2) is 4.98 Å². The second-order valence-electron chi connectivity index (χ2n) is 3.21. The Morgan fingerprint density at radius 2 is 2.40 bits per heavy atom. The summed E-state index contributed by atoms with van der Waals surface area (Å²) < 4.78 is 1.77. The summed E-state index contributed by atoms with van der Waals surface area (Å²) in [5.41, 5.74) is 2.53. The number of aldehydes is 1. The fourth-order valence-corrected chi connectivity index (χ4v) is 2.23. The summed E-state index contributed by atoms with van der Waals surface area (Å²) in [5, 5.41) is 6.96. The van der Waals surface area contributed by atoms with Gasteiger partial charge in [-0.1, -0.05) is 6.92 Å². The molecule has 78 valence electrons. The van der Waals surface area contributed by atoms with E-state index < -0.39 is 0 Å². The highest BCUT2D eigenvalue weighted by molar-refractivity contribution is 7.13. The molecule has 0 aromatic carbocycles. The first-order valence-corrected chi connectivity index (χ1v) is 5.56. The van der Waals surface area contributed by atoms with Gasteiger partial charge in [0, 0.05) is 18.6 Å². The number of hydrogen-bond acceptors (Lipinski definition) is 4. The Hall–Kier alpha value is -1.49. The van der Waals surface area contributed by atoms with Crippen LogP contribution in [0.5, 0.6) is 0 Å². The molecule has 0 aliphatic rings. The van der Waals surface area contributed by atoms with Gasteiger partial charge in [0.1, 0.15) is 10.7 Å². The second-order valence-corrected chi connectivity index (χ2v) is 4.07. The summed E-state index contributed by atoms with van der Waals surface area (Å²) in [7, 11) is 1.89. The third-order valence-electron chi connectivity index (χ3n) is 2.11. The number of carbonyl (C=O) groups is 1. The molecule has 0 atom stereocenters. The summed E-state index contributed by atoms with van der Waals surface area (Å²) >= 11 is 1.47. The van der Waals surface area contributed by atoms with Crippen LogP contribution < -0.4 is 0 Å². The van der Waals surface area contributed by atoms with Gasteiger partial charge >= 0.3 is 0 Å². The minimum Gasteiger partial charge on any atom is -0.296 e. The first-order valence-electron chi connectivity index (χ1n) is 4.68. The zero-order chi connectivity index (χ0) is 10.8. The third-order valence-corrected chi connectivity index (χ3v) is 3.01. The maximum atomic E-state index is 10.5. The van der Waals surface area contributed by atoms with Crippen LogP contribution in [0.25, 0.3) is 10.6 Å². The standard InChI is InChI=1S/C10H11N3OS/c1-3-9-8(4-13(2)12-9)10-11-7(5-14)6-15-10/h4-6H,3H2,1-2H3. The van der Waals surface area contributed by atoms with E-state index in [-0.39, 0.29) is 0 Å². The van der Waals surface area contributed by atoms with Gasteiger partial charge in [0.15, 0.2) is 6.29 Å². The van der Waals surface area contributed by atoms with Crippen LogP contribution in [0.15, 0.2) is 11.6 Å². The van der Waals surface area contributed by atoms with E-state index in [0.29, 0.717) is 5.69 Å². The van der Waals surface area contributed by atoms with Gasteiger partial charge in [-0.05, 0) is 6.42 Å². The van der Waals surface area contributed by atoms with E-state index in [0.717, 1.165) is 29.0 Å². The number of rotatable bonds is 3. The molecule has 0 spiro atoms. The zero-order valence-electron chi connectivity index (χ0n) is 8.60. The van der Waals surface area contributed by atoms with Gasteiger partial charge in [0.25, 0.3) is 0 Å². The van der Waals surface area contributed by atoms with E-state index in [1.165, 1.54) is 11.3 Å². The highest BCUT2D eigenvalue weighted by atomic mass is 32.1. The number of hydrogen-bond donors (Lipinski definition) is 0. The monoisotopic (exact) mass is 221 g/mol. The molecule has 0 saturated carbocycles. The Balaban J connectivity index is 2.47. The molecule has 4 nitrogen and oxygen atoms in total. The molecule has 2 heterocycles. The van der Waals surface area contributed by atoms with E-state index in [1.54, 1.807) is 10.1 Å². The van der Waals surface area contributed by atoms with Crippen LogP contribution in [0.4, 0.5) is 0 Å². The van der Waals surface area contributed by atoms with E-state index in [1.807, 2.05) is 13.2 Å². The van der Waals surface area contributed by atoms with E-state index in [2.05, 4.69) is 17.0 Å². The molecule has 0 amide bonds. The smallest absolute Gasteiger partial charge is 0.169 e. The Morgan fingerprint density at radius 3 is 3.00 bits per heavy atom. The molecule has 0 radical (unpaired) electrons. The van der Waals surface area contributed by atoms with Crippen molar-refractivity contribution in [2.45, 2.75) is 13.3 Å². The molecule has 2 rings (SSSR count). The van der Waals surface area contributed by atoms with Crippen molar-refractivity contribution in [1.82, 2.24) is 14.8 Å². The molecule has 2 aromatic rings. The Bertz CT molecular complexity index is 487. The topological polar surface area (TPSA) is 47.8 Å². The number of nitrogens with zero attached hydrogens (tertiary/aromatic N) is 3. The van der Waals surface area contributed by atoms with Crippen molar-refractivity contribution in [3.05, 3.63) is 23.0 Å². The SMILES string of the molecule is CCc1nn(C)cc1-c1nc(C=O)cs1. The van der Waals surface area contributed by atoms with Crippen molar-refractivity contribution in [3.63, 3.8) is 0 Å². The predicted octanol–water partition coefficient (Wildman–Crippen LogP) is 1.92. The van der Waals surface area contributed by atoms with Crippen LogP contribution in [-0.2, 0) is 13.5 Å². The largest absolute Gasteiger partial charge is 0.296 e. The molecule has 5 heteroatoms. The molecule has 0 unspecified atom stereocenters. The predicted molar refractivity (Wildman–Crippen MR) is 59.1 cm³/mol. The number of aromatic nitrogens is 3. The molecule has 15 heavy (non-hydrogen) atoms. The van der Waals surface area contributed by atoms with Crippen LogP contribution in [0, 0.1) is 0 Å². The van der Waals surface area contributed by atoms with Gasteiger partial charge in [-0.3, -0.25) is 9.48 Å². The van der Waals surface area contributed by atoms with Gasteiger partial charge in [0.2, 0.25) is 0 Å². The quantitative estimate of drug-likeness (QED) is 0.744. The number of carbonyl (C=O) groups excluding carboxylic acids is 1. The summed E-state index contributed by atoms with van der Waals surface area (Å²) in [4.78, 5) is 14.8. The average Bonchev–Trinajstić information content (AvgIpc) is 2.82. The van der Waals surface area contributed by atoms with Crippen LogP contribution >= 0.6 is 11.3 Å². The highest BCUT2D eigenvalue weighted by Gasteiger charge is 2.11. The molecule has 0 aliphatic heterocycles. The lowest BCUT2D eigenvalue weighted by atomic mass is 10.2. The van der Waals surface area contributed by atoms with Gasteiger partial charge in [0.05, 0.1) is 11.3 Å². The second kappa shape index (κ2) is 3.94. The lowest BCUT2D eigenvalue weighted by molar-refractivity contribution is 0.111. The average molecular weight is 221 g/mol. The van der Waals surface area contributed by atoms with Crippen molar-refractivity contribution in [3.8, 4) is 10.6 Å². The third kappa shape index (κ3) is 1.83. The Kier molecular flexibility index (Phi) is 2.64. The van der Waals surface area contributed by atoms with Gasteiger partial charge in [-0.2, -0.15) is 5.10 Å². The van der Waals surface area contributed by atoms with Crippen LogP contribution in [0.3, 0.4) is 0 Å². The molecule has 0 saturated heterocycles. The Morgan fingerprint density at radius 1 is 1.60 bits per heavy atom. The van der Waals surface area contributed by atoms with Crippen LogP contribution in [0.1, 0.15) is 23.1 Å². The lowest BCUT2D eigenvalue weighted by Crippen LogP contribution is -1.89. The Labute approximate surface area is 91.6 Å². The van der Waals surface area contributed by atoms with Crippen molar-refractivity contribution in [1.29, 1.82) is 0 Å². The first-order chi connectivity index (χ1) is 7.24. The normalized spacial score (nSPS) is 10.5. The van der Waals surface area contributed by atoms with Crippen molar-refractivity contribution in [2.24, 2.45) is 7.05 Å². The summed E-state index contributed by atoms with van der Waals surface area (Å²) in [6.07, 6.45) is 3.57. The van der Waals surface area contributed by atoms with Crippen molar-refractivity contribution in [2.75, 3.05) is 0 Å². The van der Waals surface area contributed by atoms with Crippen molar-refractivity contribution >= 4 is 17.6 Å². The summed E-state index contributed by atoms with van der Waals surface area (Å²) in [6.45, 7) is 2.06. The lowest BCUT2D eigenvalue weighted by Gasteiger charge is -1.92. The van der Waals surface area contributed by atoms with E-state index in [4.69, 9.17) is 0 Å². The molecular formula is C10H11N3OS. The van der Waals surface area contributed by atoms with Crippen LogP contribution in [-0.4, -0.2) is 21.1 Å². The maximum absolute atomic E-state index is 10.5. The molecule has 0 N–H and O–H groups in total. The van der Waals surface area contributed by atoms with E-state index in [9.17, 15) is 4.79 Å². The van der Waals surface area contributed by atoms with Crippen LogP contribution in [0.2, 0.25) is 0 Å². The fourth-order valence-electron chi connectivity index (χ4n) is 1.44. The molecule has 0 bridgehead atoms. The first kappa shape index (κ1) is 10.0. The highest BCUT2D eigenvalue weighted by Crippen LogP contribution is 2.26. The molecule has 0 fully saturated rings. The number of thiazole rings is 1. The summed E-state index contributed by atoms with van der Waals surface area (Å²) in [5.74, 6) is 0. The minimum absolute atomic E-state index is 0.487.